The van der Waals surface area contributed by atoms with E-state index in [1.807, 2.05) is 4.90 Å². The fourth-order valence-corrected chi connectivity index (χ4v) is 3.75. The van der Waals surface area contributed by atoms with Gasteiger partial charge in [0, 0.05) is 40.3 Å². The molecule has 0 radical (unpaired) electrons. The van der Waals surface area contributed by atoms with Gasteiger partial charge in [-0.2, -0.15) is 0 Å². The van der Waals surface area contributed by atoms with Gasteiger partial charge in [0.2, 0.25) is 11.7 Å². The van der Waals surface area contributed by atoms with Crippen LogP contribution in [0.25, 0.3) is 0 Å². The van der Waals surface area contributed by atoms with E-state index in [1.165, 1.54) is 11.0 Å². The molecule has 24 heavy (non-hydrogen) atoms. The van der Waals surface area contributed by atoms with Gasteiger partial charge in [0.15, 0.2) is 0 Å². The molecule has 1 spiro atoms. The second kappa shape index (κ2) is 6.88. The third-order valence-corrected chi connectivity index (χ3v) is 5.19. The highest BCUT2D eigenvalue weighted by atomic mass is 16.5. The van der Waals surface area contributed by atoms with Crippen LogP contribution in [0.3, 0.4) is 0 Å². The summed E-state index contributed by atoms with van der Waals surface area (Å²) in [6.45, 7) is 3.25. The summed E-state index contributed by atoms with van der Waals surface area (Å²) in [5.41, 5.74) is -0.305. The average molecular weight is 335 g/mol. The van der Waals surface area contributed by atoms with Crippen LogP contribution in [0.15, 0.2) is 6.33 Å². The summed E-state index contributed by atoms with van der Waals surface area (Å²) in [6.07, 6.45) is 4.80. The van der Waals surface area contributed by atoms with Gasteiger partial charge < -0.3 is 14.5 Å². The summed E-state index contributed by atoms with van der Waals surface area (Å²) in [7, 11) is 3.39. The lowest BCUT2D eigenvalue weighted by Crippen LogP contribution is -2.38. The zero-order valence-electron chi connectivity index (χ0n) is 14.4. The van der Waals surface area contributed by atoms with E-state index >= 15 is 0 Å². The first kappa shape index (κ1) is 16.9. The fourth-order valence-electron chi connectivity index (χ4n) is 3.75. The highest BCUT2D eigenvalue weighted by molar-refractivity contribution is 5.90. The van der Waals surface area contributed by atoms with Gasteiger partial charge in [0.25, 0.3) is 5.91 Å². The van der Waals surface area contributed by atoms with Crippen LogP contribution in [0.1, 0.15) is 36.3 Å². The molecule has 1 aromatic heterocycles. The number of hydrogen-bond acceptors (Lipinski definition) is 5. The molecule has 2 aliphatic heterocycles. The molecular formula is C16H25N5O3. The average Bonchev–Trinajstić information content (AvgIpc) is 3.05. The molecule has 2 amide bonds. The molecule has 2 fully saturated rings. The van der Waals surface area contributed by atoms with Gasteiger partial charge in [-0.1, -0.05) is 0 Å². The Kier molecular flexibility index (Phi) is 4.84. The third kappa shape index (κ3) is 3.15. The molecule has 3 rings (SSSR count). The Hall–Kier alpha value is -1.96. The lowest BCUT2D eigenvalue weighted by molar-refractivity contribution is -0.137. The first-order valence-corrected chi connectivity index (χ1v) is 8.49. The highest BCUT2D eigenvalue weighted by Gasteiger charge is 2.47. The summed E-state index contributed by atoms with van der Waals surface area (Å²) < 4.78 is 6.62. The lowest BCUT2D eigenvalue weighted by atomic mass is 9.79. The maximum Gasteiger partial charge on any atom is 0.293 e. The Balaban J connectivity index is 1.65. The van der Waals surface area contributed by atoms with Crippen molar-refractivity contribution in [3.8, 4) is 0 Å². The Morgan fingerprint density at radius 2 is 2.08 bits per heavy atom. The monoisotopic (exact) mass is 335 g/mol. The molecule has 0 N–H and O–H groups in total. The van der Waals surface area contributed by atoms with Gasteiger partial charge >= 0.3 is 0 Å². The van der Waals surface area contributed by atoms with E-state index in [-0.39, 0.29) is 23.1 Å². The third-order valence-electron chi connectivity index (χ3n) is 5.19. The molecule has 0 aromatic carbocycles. The molecule has 132 valence electrons. The van der Waals surface area contributed by atoms with E-state index < -0.39 is 0 Å². The van der Waals surface area contributed by atoms with Crippen molar-refractivity contribution in [1.82, 2.24) is 24.6 Å². The number of carbonyl (C=O) groups excluding carboxylic acids is 2. The SMILES string of the molecule is COCCN1CCC2(CCCN(C(=O)c3ncn(C)n3)CC2)C1=O. The predicted octanol–water partition coefficient (Wildman–Crippen LogP) is 0.306. The van der Waals surface area contributed by atoms with Crippen molar-refractivity contribution in [3.63, 3.8) is 0 Å². The number of rotatable bonds is 4. The Labute approximate surface area is 141 Å². The summed E-state index contributed by atoms with van der Waals surface area (Å²) in [4.78, 5) is 33.1. The number of nitrogens with zero attached hydrogens (tertiary/aromatic N) is 5. The van der Waals surface area contributed by atoms with Crippen LogP contribution in [0.4, 0.5) is 0 Å². The number of methoxy groups -OCH3 is 1. The Morgan fingerprint density at radius 3 is 2.79 bits per heavy atom. The van der Waals surface area contributed by atoms with Crippen molar-refractivity contribution in [2.24, 2.45) is 12.5 Å². The predicted molar refractivity (Wildman–Crippen MR) is 86.3 cm³/mol. The highest BCUT2D eigenvalue weighted by Crippen LogP contribution is 2.41. The van der Waals surface area contributed by atoms with Crippen LogP contribution in [-0.2, 0) is 16.6 Å². The molecule has 1 unspecified atom stereocenters. The van der Waals surface area contributed by atoms with Crippen LogP contribution < -0.4 is 0 Å². The molecule has 8 nitrogen and oxygen atoms in total. The van der Waals surface area contributed by atoms with Crippen molar-refractivity contribution < 1.29 is 14.3 Å². The molecule has 0 saturated carbocycles. The van der Waals surface area contributed by atoms with Crippen molar-refractivity contribution in [3.05, 3.63) is 12.2 Å². The number of likely N-dealkylation sites (tertiary alicyclic amines) is 2. The minimum atomic E-state index is -0.305. The maximum absolute atomic E-state index is 12.8. The first-order chi connectivity index (χ1) is 11.6. The Morgan fingerprint density at radius 1 is 1.29 bits per heavy atom. The van der Waals surface area contributed by atoms with Gasteiger partial charge in [-0.15, -0.1) is 5.10 Å². The van der Waals surface area contributed by atoms with E-state index in [9.17, 15) is 9.59 Å². The van der Waals surface area contributed by atoms with Crippen molar-refractivity contribution in [2.75, 3.05) is 39.9 Å². The standard InChI is InChI=1S/C16H25N5O3/c1-19-12-17-13(18-19)14(22)20-7-3-4-16(5-8-20)6-9-21(15(16)23)10-11-24-2/h12H,3-11H2,1-2H3. The second-order valence-corrected chi connectivity index (χ2v) is 6.70. The molecule has 2 saturated heterocycles. The number of amides is 2. The van der Waals surface area contributed by atoms with E-state index in [4.69, 9.17) is 4.74 Å². The summed E-state index contributed by atoms with van der Waals surface area (Å²) in [5, 5.41) is 4.09. The number of hydrogen-bond donors (Lipinski definition) is 0. The van der Waals surface area contributed by atoms with Gasteiger partial charge in [-0.3, -0.25) is 14.3 Å². The quantitative estimate of drug-likeness (QED) is 0.791. The van der Waals surface area contributed by atoms with Crippen molar-refractivity contribution >= 4 is 11.8 Å². The molecule has 1 aromatic rings. The van der Waals surface area contributed by atoms with Gasteiger partial charge in [-0.25, -0.2) is 4.98 Å². The van der Waals surface area contributed by atoms with E-state index in [0.717, 1.165) is 25.8 Å². The molecular weight excluding hydrogens is 310 g/mol. The minimum absolute atomic E-state index is 0.144. The smallest absolute Gasteiger partial charge is 0.293 e. The number of aromatic nitrogens is 3. The number of ether oxygens (including phenoxy) is 1. The number of aryl methyl sites for hydroxylation is 1. The zero-order valence-corrected chi connectivity index (χ0v) is 14.4. The Bertz CT molecular complexity index is 617. The lowest BCUT2D eigenvalue weighted by Gasteiger charge is -2.26. The van der Waals surface area contributed by atoms with E-state index in [2.05, 4.69) is 10.1 Å². The summed E-state index contributed by atoms with van der Waals surface area (Å²) in [6, 6.07) is 0. The van der Waals surface area contributed by atoms with E-state index in [1.54, 1.807) is 19.1 Å². The van der Waals surface area contributed by atoms with Crippen LogP contribution >= 0.6 is 0 Å². The second-order valence-electron chi connectivity index (χ2n) is 6.70. The largest absolute Gasteiger partial charge is 0.383 e. The summed E-state index contributed by atoms with van der Waals surface area (Å²) >= 11 is 0. The van der Waals surface area contributed by atoms with Crippen molar-refractivity contribution in [2.45, 2.75) is 25.7 Å². The van der Waals surface area contributed by atoms with Gasteiger partial charge in [0.1, 0.15) is 6.33 Å². The molecule has 0 bridgehead atoms. The normalized spacial score (nSPS) is 24.7. The van der Waals surface area contributed by atoms with Crippen molar-refractivity contribution in [1.29, 1.82) is 0 Å². The molecule has 2 aliphatic rings. The van der Waals surface area contributed by atoms with Gasteiger partial charge in [-0.05, 0) is 25.7 Å². The van der Waals surface area contributed by atoms with Crippen LogP contribution in [0.5, 0.6) is 0 Å². The van der Waals surface area contributed by atoms with Crippen LogP contribution in [0.2, 0.25) is 0 Å². The first-order valence-electron chi connectivity index (χ1n) is 8.49. The van der Waals surface area contributed by atoms with Gasteiger partial charge in [0.05, 0.1) is 12.0 Å². The number of carbonyl (C=O) groups is 2. The topological polar surface area (TPSA) is 80.6 Å². The molecule has 0 aliphatic carbocycles. The van der Waals surface area contributed by atoms with Crippen LogP contribution in [0, 0.1) is 5.41 Å². The zero-order chi connectivity index (χ0) is 17.2. The summed E-state index contributed by atoms with van der Waals surface area (Å²) in [5.74, 6) is 0.312. The van der Waals surface area contributed by atoms with E-state index in [0.29, 0.717) is 32.7 Å². The minimum Gasteiger partial charge on any atom is -0.383 e. The fraction of sp³-hybridized carbons (Fsp3) is 0.750. The molecule has 8 heteroatoms. The molecule has 3 heterocycles. The van der Waals surface area contributed by atoms with Crippen LogP contribution in [-0.4, -0.2) is 76.3 Å². The molecule has 1 atom stereocenters. The maximum atomic E-state index is 12.8.